The van der Waals surface area contributed by atoms with Crippen molar-refractivity contribution in [1.82, 2.24) is 0 Å². The lowest BCUT2D eigenvalue weighted by Gasteiger charge is -2.19. The molecule has 0 aromatic carbocycles. The fraction of sp³-hybridized carbons (Fsp3) is 0.818. The maximum Gasteiger partial charge on any atom is 0.179 e. The predicted octanol–water partition coefficient (Wildman–Crippen LogP) is 3.13. The predicted molar refractivity (Wildman–Crippen MR) is 55.7 cm³/mol. The molecule has 2 heteroatoms. The molecule has 0 aromatic heterocycles. The van der Waals surface area contributed by atoms with E-state index in [0.29, 0.717) is 13.2 Å². The zero-order valence-corrected chi connectivity index (χ0v) is 9.14. The SMILES string of the molecule is C=C(CCCC)C(OCC)OCC. The average molecular weight is 186 g/mol. The molecule has 0 saturated carbocycles. The second-order valence-electron chi connectivity index (χ2n) is 3.00. The van der Waals surface area contributed by atoms with Gasteiger partial charge in [-0.2, -0.15) is 0 Å². The highest BCUT2D eigenvalue weighted by molar-refractivity contribution is 4.98. The summed E-state index contributed by atoms with van der Waals surface area (Å²) in [6.07, 6.45) is 3.15. The molecule has 0 radical (unpaired) electrons. The standard InChI is InChI=1S/C11H22O2/c1-5-8-9-10(4)11(12-6-2)13-7-3/h11H,4-9H2,1-3H3. The molecular weight excluding hydrogens is 164 g/mol. The third-order valence-corrected chi connectivity index (χ3v) is 1.82. The van der Waals surface area contributed by atoms with Crippen molar-refractivity contribution < 1.29 is 9.47 Å². The summed E-state index contributed by atoms with van der Waals surface area (Å²) in [5, 5.41) is 0. The Morgan fingerprint density at radius 2 is 1.69 bits per heavy atom. The molecule has 0 aliphatic carbocycles. The van der Waals surface area contributed by atoms with Crippen LogP contribution in [0, 0.1) is 0 Å². The minimum Gasteiger partial charge on any atom is -0.349 e. The summed E-state index contributed by atoms with van der Waals surface area (Å²) >= 11 is 0. The summed E-state index contributed by atoms with van der Waals surface area (Å²) in [5.74, 6) is 0. The molecule has 0 atom stereocenters. The van der Waals surface area contributed by atoms with Gasteiger partial charge in [0.2, 0.25) is 0 Å². The fourth-order valence-electron chi connectivity index (χ4n) is 1.11. The van der Waals surface area contributed by atoms with E-state index in [1.807, 2.05) is 13.8 Å². The van der Waals surface area contributed by atoms with Crippen LogP contribution >= 0.6 is 0 Å². The number of rotatable bonds is 8. The van der Waals surface area contributed by atoms with Crippen LogP contribution in [0.3, 0.4) is 0 Å². The Kier molecular flexibility index (Phi) is 8.05. The first-order valence-electron chi connectivity index (χ1n) is 5.17. The normalized spacial score (nSPS) is 10.8. The van der Waals surface area contributed by atoms with Gasteiger partial charge < -0.3 is 9.47 Å². The summed E-state index contributed by atoms with van der Waals surface area (Å²) in [6, 6.07) is 0. The second kappa shape index (κ2) is 8.27. The highest BCUT2D eigenvalue weighted by Gasteiger charge is 2.11. The van der Waals surface area contributed by atoms with Crippen LogP contribution in [-0.4, -0.2) is 19.5 Å². The first kappa shape index (κ1) is 12.7. The van der Waals surface area contributed by atoms with Crippen molar-refractivity contribution in [3.05, 3.63) is 12.2 Å². The highest BCUT2D eigenvalue weighted by atomic mass is 16.7. The van der Waals surface area contributed by atoms with Gasteiger partial charge in [-0.3, -0.25) is 0 Å². The highest BCUT2D eigenvalue weighted by Crippen LogP contribution is 2.13. The summed E-state index contributed by atoms with van der Waals surface area (Å²) < 4.78 is 10.8. The first-order chi connectivity index (χ1) is 6.26. The van der Waals surface area contributed by atoms with Crippen LogP contribution in [0.5, 0.6) is 0 Å². The molecule has 13 heavy (non-hydrogen) atoms. The van der Waals surface area contributed by atoms with Gasteiger partial charge in [-0.25, -0.2) is 0 Å². The van der Waals surface area contributed by atoms with Gasteiger partial charge in [0.25, 0.3) is 0 Å². The molecule has 0 spiro atoms. The second-order valence-corrected chi connectivity index (χ2v) is 3.00. The van der Waals surface area contributed by atoms with Crippen molar-refractivity contribution in [3.63, 3.8) is 0 Å². The fourth-order valence-corrected chi connectivity index (χ4v) is 1.11. The Hall–Kier alpha value is -0.340. The van der Waals surface area contributed by atoms with E-state index >= 15 is 0 Å². The van der Waals surface area contributed by atoms with Gasteiger partial charge >= 0.3 is 0 Å². The molecule has 2 nitrogen and oxygen atoms in total. The summed E-state index contributed by atoms with van der Waals surface area (Å²) in [4.78, 5) is 0. The molecule has 0 rings (SSSR count). The van der Waals surface area contributed by atoms with E-state index < -0.39 is 0 Å². The Morgan fingerprint density at radius 1 is 1.15 bits per heavy atom. The summed E-state index contributed by atoms with van der Waals surface area (Å²) in [6.45, 7) is 11.4. The molecule has 0 amide bonds. The first-order valence-corrected chi connectivity index (χ1v) is 5.17. The van der Waals surface area contributed by atoms with Gasteiger partial charge in [0.1, 0.15) is 0 Å². The molecule has 0 heterocycles. The van der Waals surface area contributed by atoms with Crippen molar-refractivity contribution in [3.8, 4) is 0 Å². The van der Waals surface area contributed by atoms with E-state index in [1.54, 1.807) is 0 Å². The molecule has 0 unspecified atom stereocenters. The van der Waals surface area contributed by atoms with E-state index in [2.05, 4.69) is 13.5 Å². The van der Waals surface area contributed by atoms with Crippen molar-refractivity contribution in [2.24, 2.45) is 0 Å². The summed E-state index contributed by atoms with van der Waals surface area (Å²) in [5.41, 5.74) is 1.06. The Balaban J connectivity index is 3.80. The van der Waals surface area contributed by atoms with Crippen LogP contribution in [0.25, 0.3) is 0 Å². The van der Waals surface area contributed by atoms with E-state index in [1.165, 1.54) is 6.42 Å². The van der Waals surface area contributed by atoms with Crippen LogP contribution in [0.4, 0.5) is 0 Å². The molecule has 0 fully saturated rings. The maximum absolute atomic E-state index is 5.42. The molecule has 0 aliphatic heterocycles. The third-order valence-electron chi connectivity index (χ3n) is 1.82. The molecule has 0 aromatic rings. The monoisotopic (exact) mass is 186 g/mol. The van der Waals surface area contributed by atoms with Crippen LogP contribution in [-0.2, 0) is 9.47 Å². The van der Waals surface area contributed by atoms with Crippen LogP contribution in [0.15, 0.2) is 12.2 Å². The van der Waals surface area contributed by atoms with Gasteiger partial charge in [-0.15, -0.1) is 0 Å². The van der Waals surface area contributed by atoms with Crippen molar-refractivity contribution in [2.45, 2.75) is 46.3 Å². The van der Waals surface area contributed by atoms with Gasteiger partial charge in [0.15, 0.2) is 6.29 Å². The smallest absolute Gasteiger partial charge is 0.179 e. The number of hydrogen-bond donors (Lipinski definition) is 0. The number of unbranched alkanes of at least 4 members (excludes halogenated alkanes) is 1. The molecule has 0 N–H and O–H groups in total. The van der Waals surface area contributed by atoms with Crippen LogP contribution < -0.4 is 0 Å². The van der Waals surface area contributed by atoms with E-state index in [4.69, 9.17) is 9.47 Å². The maximum atomic E-state index is 5.42. The van der Waals surface area contributed by atoms with Gasteiger partial charge in [0, 0.05) is 13.2 Å². The quantitative estimate of drug-likeness (QED) is 0.428. The zero-order chi connectivity index (χ0) is 10.1. The molecule has 0 aliphatic rings. The largest absolute Gasteiger partial charge is 0.349 e. The average Bonchev–Trinajstić information content (AvgIpc) is 2.14. The number of hydrogen-bond acceptors (Lipinski definition) is 2. The van der Waals surface area contributed by atoms with Crippen molar-refractivity contribution >= 4 is 0 Å². The molecule has 0 saturated heterocycles. The molecular formula is C11H22O2. The van der Waals surface area contributed by atoms with Gasteiger partial charge in [0.05, 0.1) is 0 Å². The van der Waals surface area contributed by atoms with Gasteiger partial charge in [-0.1, -0.05) is 19.9 Å². The Bertz CT molecular complexity index is 126. The van der Waals surface area contributed by atoms with Crippen LogP contribution in [0.1, 0.15) is 40.0 Å². The minimum atomic E-state index is -0.193. The van der Waals surface area contributed by atoms with Crippen molar-refractivity contribution in [1.29, 1.82) is 0 Å². The zero-order valence-electron chi connectivity index (χ0n) is 9.14. The van der Waals surface area contributed by atoms with E-state index in [9.17, 15) is 0 Å². The third kappa shape index (κ3) is 5.83. The lowest BCUT2D eigenvalue weighted by molar-refractivity contribution is -0.112. The minimum absolute atomic E-state index is 0.193. The Morgan fingerprint density at radius 3 is 2.08 bits per heavy atom. The van der Waals surface area contributed by atoms with Crippen molar-refractivity contribution in [2.75, 3.05) is 13.2 Å². The Labute approximate surface area is 81.9 Å². The van der Waals surface area contributed by atoms with E-state index in [0.717, 1.165) is 18.4 Å². The summed E-state index contributed by atoms with van der Waals surface area (Å²) in [7, 11) is 0. The van der Waals surface area contributed by atoms with E-state index in [-0.39, 0.29) is 6.29 Å². The molecule has 78 valence electrons. The number of ether oxygens (including phenoxy) is 2. The topological polar surface area (TPSA) is 18.5 Å². The lowest BCUT2D eigenvalue weighted by atomic mass is 10.1. The lowest BCUT2D eigenvalue weighted by Crippen LogP contribution is -2.19. The van der Waals surface area contributed by atoms with Gasteiger partial charge in [-0.05, 0) is 32.3 Å². The molecule has 0 bridgehead atoms. The van der Waals surface area contributed by atoms with Crippen LogP contribution in [0.2, 0.25) is 0 Å².